The van der Waals surface area contributed by atoms with Crippen LogP contribution in [0.25, 0.3) is 0 Å². The molecule has 1 unspecified atom stereocenters. The van der Waals surface area contributed by atoms with E-state index >= 15 is 0 Å². The molecular weight excluding hydrogens is 434 g/mol. The van der Waals surface area contributed by atoms with Crippen molar-refractivity contribution in [2.45, 2.75) is 19.3 Å². The van der Waals surface area contributed by atoms with Crippen molar-refractivity contribution in [1.29, 1.82) is 0 Å². The summed E-state index contributed by atoms with van der Waals surface area (Å²) in [6.45, 7) is 2.92. The average Bonchev–Trinajstić information content (AvgIpc) is 2.36. The molecule has 0 aliphatic heterocycles. The third kappa shape index (κ3) is 17.6. The van der Waals surface area contributed by atoms with Crippen LogP contribution < -0.4 is 0 Å². The Bertz CT molecular complexity index is 656. The molecular formula is C11H20K2O10S2. The number of hydrogen-bond acceptors (Lipinski definition) is 7. The Morgan fingerprint density at radius 2 is 1.40 bits per heavy atom. The fourth-order valence-corrected chi connectivity index (χ4v) is 2.57. The van der Waals surface area contributed by atoms with E-state index in [4.69, 9.17) is 14.2 Å². The van der Waals surface area contributed by atoms with Crippen LogP contribution in [0.1, 0.15) is 19.3 Å². The first-order valence-electron chi connectivity index (χ1n) is 6.32. The second-order valence-electron chi connectivity index (χ2n) is 4.62. The fraction of sp³-hybridized carbons (Fsp3) is 0.636. The second-order valence-corrected chi connectivity index (χ2v) is 7.76. The van der Waals surface area contributed by atoms with Crippen molar-refractivity contribution >= 4 is 135 Å². The molecule has 10 nitrogen and oxygen atoms in total. The molecule has 138 valence electrons. The van der Waals surface area contributed by atoms with E-state index in [0.29, 0.717) is 0 Å². The van der Waals surface area contributed by atoms with Gasteiger partial charge in [0.1, 0.15) is 0 Å². The molecule has 25 heavy (non-hydrogen) atoms. The van der Waals surface area contributed by atoms with E-state index in [-0.39, 0.29) is 129 Å². The summed E-state index contributed by atoms with van der Waals surface area (Å²) < 4.78 is 63.7. The Morgan fingerprint density at radius 1 is 0.960 bits per heavy atom. The first-order chi connectivity index (χ1) is 10.3. The Morgan fingerprint density at radius 3 is 1.80 bits per heavy atom. The molecule has 0 heterocycles. The molecule has 3 N–H and O–H groups in total. The summed E-state index contributed by atoms with van der Waals surface area (Å²) in [5.41, 5.74) is -0.431. The zero-order valence-corrected chi connectivity index (χ0v) is 13.7. The predicted octanol–water partition coefficient (Wildman–Crippen LogP) is -1.56. The van der Waals surface area contributed by atoms with Crippen molar-refractivity contribution in [3.05, 3.63) is 12.2 Å². The summed E-state index contributed by atoms with van der Waals surface area (Å²) in [7, 11) is -8.43. The molecule has 0 aliphatic rings. The molecule has 0 saturated carbocycles. The van der Waals surface area contributed by atoms with E-state index in [0.717, 1.165) is 0 Å². The number of esters is 1. The van der Waals surface area contributed by atoms with E-state index in [9.17, 15) is 26.4 Å². The van der Waals surface area contributed by atoms with E-state index in [1.165, 1.54) is 0 Å². The first-order valence-corrected chi connectivity index (χ1v) is 9.54. The molecule has 14 heteroatoms. The van der Waals surface area contributed by atoms with Gasteiger partial charge in [0.2, 0.25) is 0 Å². The maximum atomic E-state index is 11.6. The second kappa shape index (κ2) is 14.7. The third-order valence-electron chi connectivity index (χ3n) is 2.66. The van der Waals surface area contributed by atoms with Crippen LogP contribution in [0.3, 0.4) is 0 Å². The number of carboxylic acid groups (broad SMARTS) is 1. The van der Waals surface area contributed by atoms with E-state index in [1.807, 2.05) is 0 Å². The van der Waals surface area contributed by atoms with Gasteiger partial charge in [0.25, 0.3) is 20.2 Å². The van der Waals surface area contributed by atoms with Gasteiger partial charge < -0.3 is 9.84 Å². The molecule has 0 rings (SSSR count). The third-order valence-corrected chi connectivity index (χ3v) is 4.26. The van der Waals surface area contributed by atoms with Gasteiger partial charge in [-0.15, -0.1) is 0 Å². The van der Waals surface area contributed by atoms with Gasteiger partial charge in [-0.3, -0.25) is 13.9 Å². The number of carboxylic acids is 1. The van der Waals surface area contributed by atoms with E-state index < -0.39 is 55.2 Å². The normalized spacial score (nSPS) is 12.2. The van der Waals surface area contributed by atoms with Crippen LogP contribution in [0.2, 0.25) is 0 Å². The topological polar surface area (TPSA) is 172 Å². The molecule has 0 bridgehead atoms. The van der Waals surface area contributed by atoms with Crippen LogP contribution in [0, 0.1) is 5.92 Å². The van der Waals surface area contributed by atoms with Crippen LogP contribution in [0.15, 0.2) is 12.2 Å². The van der Waals surface area contributed by atoms with Crippen molar-refractivity contribution in [1.82, 2.24) is 0 Å². The zero-order chi connectivity index (χ0) is 18.3. The van der Waals surface area contributed by atoms with Gasteiger partial charge in [-0.1, -0.05) is 6.58 Å². The average molecular weight is 455 g/mol. The summed E-state index contributed by atoms with van der Waals surface area (Å²) in [4.78, 5) is 22.7. The van der Waals surface area contributed by atoms with Gasteiger partial charge >= 0.3 is 115 Å². The summed E-state index contributed by atoms with van der Waals surface area (Å²) in [5, 5.41) is 9.01. The molecule has 0 radical (unpaired) electrons. The number of rotatable bonds is 11. The standard InChI is InChI=1S/C11H18O10S2.2K.2H/c1-8(11(14)21-5-3-7-23(18,19)20)9(10(12)13)4-2-6-22(15,16)17;;;;/h9H,1-7H2,(H,12,13)(H,15,16,17)(H,18,19,20);;;;. The summed E-state index contributed by atoms with van der Waals surface area (Å²) in [5.74, 6) is -5.16. The number of carbonyl (C=O) groups excluding carboxylic acids is 1. The van der Waals surface area contributed by atoms with Crippen LogP contribution in [0.5, 0.6) is 0 Å². The molecule has 0 aromatic heterocycles. The van der Waals surface area contributed by atoms with Gasteiger partial charge in [-0.25, -0.2) is 4.79 Å². The molecule has 1 atom stereocenters. The summed E-state index contributed by atoms with van der Waals surface area (Å²) in [6.07, 6.45) is -0.642. The molecule has 0 spiro atoms. The van der Waals surface area contributed by atoms with E-state index in [2.05, 4.69) is 11.3 Å². The van der Waals surface area contributed by atoms with E-state index in [1.54, 1.807) is 0 Å². The summed E-state index contributed by atoms with van der Waals surface area (Å²) in [6, 6.07) is 0. The van der Waals surface area contributed by atoms with Crippen LogP contribution in [-0.2, 0) is 34.6 Å². The van der Waals surface area contributed by atoms with Gasteiger partial charge in [0, 0.05) is 5.57 Å². The Balaban J connectivity index is -0.00000242. The van der Waals surface area contributed by atoms with Crippen molar-refractivity contribution in [3.63, 3.8) is 0 Å². The Kier molecular flexibility index (Phi) is 18.5. The predicted molar refractivity (Wildman–Crippen MR) is 92.2 cm³/mol. The van der Waals surface area contributed by atoms with Gasteiger partial charge in [0.15, 0.2) is 0 Å². The van der Waals surface area contributed by atoms with Crippen LogP contribution in [0.4, 0.5) is 0 Å². The molecule has 0 amide bonds. The molecule has 0 saturated heterocycles. The van der Waals surface area contributed by atoms with Crippen LogP contribution in [-0.4, -0.2) is 164 Å². The Hall–Kier alpha value is 1.77. The molecule has 0 aromatic rings. The molecule has 0 aromatic carbocycles. The number of hydrogen-bond donors (Lipinski definition) is 3. The Labute approximate surface area is 231 Å². The van der Waals surface area contributed by atoms with Crippen molar-refractivity contribution < 1.29 is 45.4 Å². The fourth-order valence-electron chi connectivity index (χ4n) is 1.56. The maximum absolute atomic E-state index is 11.6. The monoisotopic (exact) mass is 454 g/mol. The quantitative estimate of drug-likeness (QED) is 0.109. The van der Waals surface area contributed by atoms with Gasteiger partial charge in [-0.2, -0.15) is 16.8 Å². The van der Waals surface area contributed by atoms with Crippen molar-refractivity contribution in [2.75, 3.05) is 18.1 Å². The van der Waals surface area contributed by atoms with Gasteiger partial charge in [0.05, 0.1) is 24.0 Å². The van der Waals surface area contributed by atoms with Crippen molar-refractivity contribution in [3.8, 4) is 0 Å². The molecule has 0 aliphatic carbocycles. The van der Waals surface area contributed by atoms with Gasteiger partial charge in [-0.05, 0) is 19.3 Å². The minimum absolute atomic E-state index is 0. The minimum atomic E-state index is -4.24. The number of ether oxygens (including phenoxy) is 1. The number of carbonyl (C=O) groups is 2. The van der Waals surface area contributed by atoms with Crippen LogP contribution >= 0.6 is 0 Å². The SMILES string of the molecule is C=C(C(=O)OCCCS(=O)(=O)O)C(CCCS(=O)(=O)O)C(=O)O.[KH].[KH]. The first kappa shape index (κ1) is 31.5. The number of aliphatic carboxylic acids is 1. The zero-order valence-electron chi connectivity index (χ0n) is 12.0. The molecule has 0 fully saturated rings. The summed E-state index contributed by atoms with van der Waals surface area (Å²) >= 11 is 0. The van der Waals surface area contributed by atoms with Crippen molar-refractivity contribution in [2.24, 2.45) is 5.92 Å².